The second-order valence-electron chi connectivity index (χ2n) is 4.67. The van der Waals surface area contributed by atoms with Gasteiger partial charge in [0.15, 0.2) is 0 Å². The second-order valence-corrected chi connectivity index (χ2v) is 5.11. The molecule has 0 bridgehead atoms. The lowest BCUT2D eigenvalue weighted by Crippen LogP contribution is -2.26. The average molecular weight is 319 g/mol. The van der Waals surface area contributed by atoms with Crippen LogP contribution in [0.15, 0.2) is 42.6 Å². The largest absolute Gasteiger partial charge is 0.464 e. The molecule has 1 N–H and O–H groups in total. The number of carbonyl (C=O) groups is 2. The Bertz CT molecular complexity index is 669. The minimum Gasteiger partial charge on any atom is -0.464 e. The highest BCUT2D eigenvalue weighted by Crippen LogP contribution is 2.16. The molecule has 0 radical (unpaired) electrons. The maximum Gasteiger partial charge on any atom is 0.356 e. The zero-order valence-electron chi connectivity index (χ0n) is 12.2. The second kappa shape index (κ2) is 7.04. The van der Waals surface area contributed by atoms with Crippen molar-refractivity contribution in [2.45, 2.75) is 13.0 Å². The molecule has 0 spiro atoms. The summed E-state index contributed by atoms with van der Waals surface area (Å²) in [5.41, 5.74) is 1.47. The van der Waals surface area contributed by atoms with Gasteiger partial charge in [0, 0.05) is 11.2 Å². The molecule has 1 atom stereocenters. The van der Waals surface area contributed by atoms with Crippen LogP contribution in [0.25, 0.3) is 0 Å². The number of benzene rings is 1. The molecular weight excluding hydrogens is 304 g/mol. The van der Waals surface area contributed by atoms with E-state index < -0.39 is 5.97 Å². The number of rotatable bonds is 4. The molecule has 1 aromatic heterocycles. The fourth-order valence-corrected chi connectivity index (χ4v) is 1.99. The van der Waals surface area contributed by atoms with Gasteiger partial charge in [-0.2, -0.15) is 0 Å². The van der Waals surface area contributed by atoms with Crippen molar-refractivity contribution in [3.63, 3.8) is 0 Å². The van der Waals surface area contributed by atoms with Crippen LogP contribution in [0, 0.1) is 0 Å². The van der Waals surface area contributed by atoms with Gasteiger partial charge in [-0.05, 0) is 36.8 Å². The number of amides is 1. The molecule has 0 fully saturated rings. The van der Waals surface area contributed by atoms with Gasteiger partial charge in [-0.15, -0.1) is 0 Å². The molecule has 2 rings (SSSR count). The summed E-state index contributed by atoms with van der Waals surface area (Å²) in [6.45, 7) is 1.87. The van der Waals surface area contributed by atoms with Gasteiger partial charge >= 0.3 is 5.97 Å². The molecule has 0 saturated carbocycles. The fraction of sp³-hybridized carbons (Fsp3) is 0.188. The number of hydrogen-bond acceptors (Lipinski definition) is 4. The zero-order valence-corrected chi connectivity index (χ0v) is 12.9. The predicted octanol–water partition coefficient (Wildman–Crippen LogP) is 3.01. The molecular formula is C16H15ClN2O3. The first-order valence-electron chi connectivity index (χ1n) is 6.62. The van der Waals surface area contributed by atoms with E-state index in [1.807, 2.05) is 19.1 Å². The Balaban J connectivity index is 2.05. The monoisotopic (exact) mass is 318 g/mol. The topological polar surface area (TPSA) is 68.3 Å². The number of hydrogen-bond donors (Lipinski definition) is 1. The SMILES string of the molecule is COC(=O)c1ccc(C(=O)NC(C)c2ccc(Cl)cc2)cn1. The first-order valence-corrected chi connectivity index (χ1v) is 6.99. The van der Waals surface area contributed by atoms with Gasteiger partial charge in [0.05, 0.1) is 18.7 Å². The maximum absolute atomic E-state index is 12.2. The van der Waals surface area contributed by atoms with E-state index in [0.29, 0.717) is 10.6 Å². The molecule has 5 nitrogen and oxygen atoms in total. The Morgan fingerprint density at radius 2 is 1.86 bits per heavy atom. The number of aromatic nitrogens is 1. The summed E-state index contributed by atoms with van der Waals surface area (Å²) in [6, 6.07) is 10.1. The molecule has 6 heteroatoms. The molecule has 2 aromatic rings. The van der Waals surface area contributed by atoms with Gasteiger partial charge < -0.3 is 10.1 Å². The van der Waals surface area contributed by atoms with Crippen molar-refractivity contribution in [3.8, 4) is 0 Å². The van der Waals surface area contributed by atoms with Crippen molar-refractivity contribution in [1.29, 1.82) is 0 Å². The van der Waals surface area contributed by atoms with E-state index in [0.717, 1.165) is 5.56 Å². The first-order chi connectivity index (χ1) is 10.5. The van der Waals surface area contributed by atoms with Crippen LogP contribution in [0.2, 0.25) is 5.02 Å². The van der Waals surface area contributed by atoms with E-state index in [4.69, 9.17) is 11.6 Å². The average Bonchev–Trinajstić information content (AvgIpc) is 2.54. The van der Waals surface area contributed by atoms with Gasteiger partial charge in [-0.25, -0.2) is 9.78 Å². The standard InChI is InChI=1S/C16H15ClN2O3/c1-10(11-3-6-13(17)7-4-11)19-15(20)12-5-8-14(18-9-12)16(21)22-2/h3-10H,1-2H3,(H,19,20). The summed E-state index contributed by atoms with van der Waals surface area (Å²) in [7, 11) is 1.28. The van der Waals surface area contributed by atoms with Crippen LogP contribution in [0.3, 0.4) is 0 Å². The normalized spacial score (nSPS) is 11.6. The summed E-state index contributed by atoms with van der Waals surface area (Å²) in [5, 5.41) is 3.50. The summed E-state index contributed by atoms with van der Waals surface area (Å²) >= 11 is 5.84. The number of carbonyl (C=O) groups excluding carboxylic acids is 2. The van der Waals surface area contributed by atoms with Crippen LogP contribution >= 0.6 is 11.6 Å². The Morgan fingerprint density at radius 1 is 1.18 bits per heavy atom. The highest BCUT2D eigenvalue weighted by molar-refractivity contribution is 6.30. The van der Waals surface area contributed by atoms with E-state index in [-0.39, 0.29) is 17.6 Å². The minimum atomic E-state index is -0.540. The van der Waals surface area contributed by atoms with Crippen LogP contribution in [0.4, 0.5) is 0 Å². The molecule has 1 heterocycles. The summed E-state index contributed by atoms with van der Waals surface area (Å²) < 4.78 is 4.56. The van der Waals surface area contributed by atoms with Gasteiger partial charge in [-0.3, -0.25) is 4.79 Å². The van der Waals surface area contributed by atoms with Gasteiger partial charge in [0.25, 0.3) is 5.91 Å². The Hall–Kier alpha value is -2.40. The van der Waals surface area contributed by atoms with Crippen molar-refractivity contribution in [2.75, 3.05) is 7.11 Å². The smallest absolute Gasteiger partial charge is 0.356 e. The Morgan fingerprint density at radius 3 is 2.41 bits per heavy atom. The molecule has 1 aromatic carbocycles. The Labute approximate surface area is 133 Å². The van der Waals surface area contributed by atoms with Gasteiger partial charge in [0.2, 0.25) is 0 Å². The minimum absolute atomic E-state index is 0.157. The molecule has 22 heavy (non-hydrogen) atoms. The van der Waals surface area contributed by atoms with Gasteiger partial charge in [0.1, 0.15) is 5.69 Å². The highest BCUT2D eigenvalue weighted by atomic mass is 35.5. The van der Waals surface area contributed by atoms with Crippen molar-refractivity contribution in [1.82, 2.24) is 10.3 Å². The van der Waals surface area contributed by atoms with Crippen LogP contribution < -0.4 is 5.32 Å². The number of esters is 1. The molecule has 0 aliphatic rings. The third-order valence-corrected chi connectivity index (χ3v) is 3.39. The van der Waals surface area contributed by atoms with E-state index in [1.165, 1.54) is 25.4 Å². The van der Waals surface area contributed by atoms with Crippen molar-refractivity contribution >= 4 is 23.5 Å². The maximum atomic E-state index is 12.2. The van der Waals surface area contributed by atoms with E-state index in [9.17, 15) is 9.59 Å². The molecule has 1 unspecified atom stereocenters. The first kappa shape index (κ1) is 16.0. The third kappa shape index (κ3) is 3.83. The van der Waals surface area contributed by atoms with E-state index in [2.05, 4.69) is 15.0 Å². The predicted molar refractivity (Wildman–Crippen MR) is 82.9 cm³/mol. The number of pyridine rings is 1. The summed E-state index contributed by atoms with van der Waals surface area (Å²) in [6.07, 6.45) is 1.34. The number of nitrogens with zero attached hydrogens (tertiary/aromatic N) is 1. The van der Waals surface area contributed by atoms with Crippen LogP contribution in [0.1, 0.15) is 39.4 Å². The van der Waals surface area contributed by atoms with Crippen LogP contribution in [-0.2, 0) is 4.74 Å². The van der Waals surface area contributed by atoms with Crippen molar-refractivity contribution in [2.24, 2.45) is 0 Å². The van der Waals surface area contributed by atoms with E-state index >= 15 is 0 Å². The Kier molecular flexibility index (Phi) is 5.12. The van der Waals surface area contributed by atoms with Crippen molar-refractivity contribution < 1.29 is 14.3 Å². The molecule has 0 saturated heterocycles. The number of nitrogens with one attached hydrogen (secondary N) is 1. The van der Waals surface area contributed by atoms with Crippen LogP contribution in [0.5, 0.6) is 0 Å². The van der Waals surface area contributed by atoms with Gasteiger partial charge in [-0.1, -0.05) is 23.7 Å². The molecule has 114 valence electrons. The summed E-state index contributed by atoms with van der Waals surface area (Å²) in [4.78, 5) is 27.4. The number of ether oxygens (including phenoxy) is 1. The number of halogens is 1. The quantitative estimate of drug-likeness (QED) is 0.880. The lowest BCUT2D eigenvalue weighted by molar-refractivity contribution is 0.0593. The van der Waals surface area contributed by atoms with Crippen LogP contribution in [-0.4, -0.2) is 24.0 Å². The van der Waals surface area contributed by atoms with E-state index in [1.54, 1.807) is 12.1 Å². The highest BCUT2D eigenvalue weighted by Gasteiger charge is 2.13. The molecule has 0 aliphatic carbocycles. The molecule has 0 aliphatic heterocycles. The lowest BCUT2D eigenvalue weighted by Gasteiger charge is -2.14. The lowest BCUT2D eigenvalue weighted by atomic mass is 10.1. The third-order valence-electron chi connectivity index (χ3n) is 3.14. The number of methoxy groups -OCH3 is 1. The molecule has 1 amide bonds. The fourth-order valence-electron chi connectivity index (χ4n) is 1.87. The summed E-state index contributed by atoms with van der Waals surface area (Å²) in [5.74, 6) is -0.812. The zero-order chi connectivity index (χ0) is 16.1. The van der Waals surface area contributed by atoms with Crippen molar-refractivity contribution in [3.05, 3.63) is 64.4 Å².